The van der Waals surface area contributed by atoms with Crippen LogP contribution in [0.2, 0.25) is 0 Å². The van der Waals surface area contributed by atoms with Gasteiger partial charge in [0, 0.05) is 37.6 Å². The zero-order chi connectivity index (χ0) is 16.8. The summed E-state index contributed by atoms with van der Waals surface area (Å²) < 4.78 is 26.4. The highest BCUT2D eigenvalue weighted by Crippen LogP contribution is 2.12. The summed E-state index contributed by atoms with van der Waals surface area (Å²) >= 11 is 0. The number of benzene rings is 2. The summed E-state index contributed by atoms with van der Waals surface area (Å²) in [6.45, 7) is 0.149. The molecule has 0 aliphatic carbocycles. The summed E-state index contributed by atoms with van der Waals surface area (Å²) in [6.07, 6.45) is 0.0627. The summed E-state index contributed by atoms with van der Waals surface area (Å²) in [7, 11) is 1.57. The van der Waals surface area contributed by atoms with Crippen LogP contribution in [0.3, 0.4) is 0 Å². The molecule has 2 aromatic carbocycles. The van der Waals surface area contributed by atoms with Gasteiger partial charge in [-0.2, -0.15) is 0 Å². The van der Waals surface area contributed by atoms with E-state index in [-0.39, 0.29) is 36.9 Å². The Morgan fingerprint density at radius 1 is 0.957 bits per heavy atom. The quantitative estimate of drug-likeness (QED) is 0.764. The van der Waals surface area contributed by atoms with E-state index in [2.05, 4.69) is 0 Å². The zero-order valence-corrected chi connectivity index (χ0v) is 12.8. The van der Waals surface area contributed by atoms with Gasteiger partial charge in [0.1, 0.15) is 11.6 Å². The minimum atomic E-state index is -0.415. The van der Waals surface area contributed by atoms with Crippen molar-refractivity contribution < 1.29 is 18.4 Å². The Hall–Kier alpha value is -2.56. The van der Waals surface area contributed by atoms with E-state index in [0.29, 0.717) is 11.1 Å². The van der Waals surface area contributed by atoms with Crippen LogP contribution in [0.1, 0.15) is 28.8 Å². The van der Waals surface area contributed by atoms with E-state index in [0.717, 1.165) is 0 Å². The maximum Gasteiger partial charge on any atom is 0.223 e. The van der Waals surface area contributed by atoms with Gasteiger partial charge in [-0.1, -0.05) is 18.2 Å². The van der Waals surface area contributed by atoms with Crippen LogP contribution in [0.25, 0.3) is 0 Å². The van der Waals surface area contributed by atoms with Crippen LogP contribution in [0.5, 0.6) is 0 Å². The predicted octanol–water partition coefficient (Wildman–Crippen LogP) is 3.59. The molecule has 0 radical (unpaired) electrons. The first kappa shape index (κ1) is 16.8. The largest absolute Gasteiger partial charge is 0.341 e. The molecule has 0 bridgehead atoms. The van der Waals surface area contributed by atoms with Crippen LogP contribution in [0.4, 0.5) is 8.78 Å². The lowest BCUT2D eigenvalue weighted by Gasteiger charge is -2.17. The van der Waals surface area contributed by atoms with E-state index in [1.165, 1.54) is 35.2 Å². The zero-order valence-electron chi connectivity index (χ0n) is 12.8. The van der Waals surface area contributed by atoms with Gasteiger partial charge >= 0.3 is 0 Å². The van der Waals surface area contributed by atoms with Gasteiger partial charge in [0.2, 0.25) is 5.91 Å². The summed E-state index contributed by atoms with van der Waals surface area (Å²) in [5.41, 5.74) is 0.796. The van der Waals surface area contributed by atoms with E-state index in [9.17, 15) is 18.4 Å². The molecule has 0 N–H and O–H groups in total. The molecule has 0 aromatic heterocycles. The number of rotatable bonds is 6. The lowest BCUT2D eigenvalue weighted by molar-refractivity contribution is -0.130. The fourth-order valence-electron chi connectivity index (χ4n) is 2.16. The smallest absolute Gasteiger partial charge is 0.223 e. The molecule has 2 rings (SSSR count). The van der Waals surface area contributed by atoms with Crippen LogP contribution < -0.4 is 0 Å². The van der Waals surface area contributed by atoms with Crippen molar-refractivity contribution in [3.63, 3.8) is 0 Å². The highest BCUT2D eigenvalue weighted by molar-refractivity contribution is 5.97. The van der Waals surface area contributed by atoms with Crippen molar-refractivity contribution in [1.29, 1.82) is 0 Å². The van der Waals surface area contributed by atoms with Gasteiger partial charge in [0.15, 0.2) is 5.78 Å². The molecule has 120 valence electrons. The van der Waals surface area contributed by atoms with Gasteiger partial charge in [-0.05, 0) is 30.3 Å². The van der Waals surface area contributed by atoms with Crippen molar-refractivity contribution in [1.82, 2.24) is 4.90 Å². The molecule has 0 aliphatic heterocycles. The first-order valence-corrected chi connectivity index (χ1v) is 7.23. The van der Waals surface area contributed by atoms with Crippen molar-refractivity contribution >= 4 is 11.7 Å². The highest BCUT2D eigenvalue weighted by atomic mass is 19.1. The van der Waals surface area contributed by atoms with Crippen LogP contribution in [-0.2, 0) is 11.3 Å². The summed E-state index contributed by atoms with van der Waals surface area (Å²) in [6, 6.07) is 11.4. The molecule has 0 heterocycles. The molecule has 1 amide bonds. The predicted molar refractivity (Wildman–Crippen MR) is 82.8 cm³/mol. The monoisotopic (exact) mass is 317 g/mol. The second-order valence-electron chi connectivity index (χ2n) is 5.27. The van der Waals surface area contributed by atoms with E-state index >= 15 is 0 Å². The minimum Gasteiger partial charge on any atom is -0.341 e. The lowest BCUT2D eigenvalue weighted by atomic mass is 10.1. The standard InChI is InChI=1S/C18H17F2NO2/c1-21(12-14-4-2-3-5-16(14)20)18(23)11-10-17(22)13-6-8-15(19)9-7-13/h2-9H,10-12H2,1H3. The number of ketones is 1. The Morgan fingerprint density at radius 3 is 2.26 bits per heavy atom. The molecule has 0 unspecified atom stereocenters. The van der Waals surface area contributed by atoms with Crippen LogP contribution in [0, 0.1) is 11.6 Å². The van der Waals surface area contributed by atoms with E-state index in [1.807, 2.05) is 0 Å². The number of nitrogens with zero attached hydrogens (tertiary/aromatic N) is 1. The highest BCUT2D eigenvalue weighted by Gasteiger charge is 2.14. The van der Waals surface area contributed by atoms with Gasteiger partial charge < -0.3 is 4.90 Å². The van der Waals surface area contributed by atoms with Crippen molar-refractivity contribution in [2.45, 2.75) is 19.4 Å². The van der Waals surface area contributed by atoms with Crippen molar-refractivity contribution in [2.75, 3.05) is 7.05 Å². The number of carbonyl (C=O) groups is 2. The number of halogens is 2. The third-order valence-electron chi connectivity index (χ3n) is 3.52. The van der Waals surface area contributed by atoms with Crippen molar-refractivity contribution in [3.05, 3.63) is 71.3 Å². The second kappa shape index (κ2) is 7.63. The van der Waals surface area contributed by atoms with Crippen LogP contribution >= 0.6 is 0 Å². The molecule has 0 fully saturated rings. The number of hydrogen-bond donors (Lipinski definition) is 0. The number of hydrogen-bond acceptors (Lipinski definition) is 2. The molecule has 0 atom stereocenters. The van der Waals surface area contributed by atoms with Gasteiger partial charge in [-0.3, -0.25) is 9.59 Å². The van der Waals surface area contributed by atoms with Crippen LogP contribution in [0.15, 0.2) is 48.5 Å². The molecule has 23 heavy (non-hydrogen) atoms. The Labute approximate surface area is 133 Å². The number of Topliss-reactive ketones (excluding diaryl/α,β-unsaturated/α-hetero) is 1. The van der Waals surface area contributed by atoms with Gasteiger partial charge in [0.25, 0.3) is 0 Å². The van der Waals surface area contributed by atoms with Gasteiger partial charge in [-0.25, -0.2) is 8.78 Å². The molecule has 0 aliphatic rings. The van der Waals surface area contributed by atoms with Gasteiger partial charge in [-0.15, -0.1) is 0 Å². The molecule has 3 nitrogen and oxygen atoms in total. The second-order valence-corrected chi connectivity index (χ2v) is 5.27. The third kappa shape index (κ3) is 4.71. The number of amides is 1. The molecule has 0 spiro atoms. The maximum absolute atomic E-state index is 13.6. The van der Waals surface area contributed by atoms with E-state index in [1.54, 1.807) is 25.2 Å². The SMILES string of the molecule is CN(Cc1ccccc1F)C(=O)CCC(=O)c1ccc(F)cc1. The Morgan fingerprint density at radius 2 is 1.61 bits per heavy atom. The average molecular weight is 317 g/mol. The van der Waals surface area contributed by atoms with Gasteiger partial charge in [0.05, 0.1) is 0 Å². The van der Waals surface area contributed by atoms with Crippen molar-refractivity contribution in [2.24, 2.45) is 0 Å². The Bertz CT molecular complexity index is 698. The molecular formula is C18H17F2NO2. The maximum atomic E-state index is 13.6. The fraction of sp³-hybridized carbons (Fsp3) is 0.222. The molecular weight excluding hydrogens is 300 g/mol. The normalized spacial score (nSPS) is 10.4. The average Bonchev–Trinajstić information content (AvgIpc) is 2.55. The Balaban J connectivity index is 1.87. The molecule has 5 heteroatoms. The first-order chi connectivity index (χ1) is 11.0. The summed E-state index contributed by atoms with van der Waals surface area (Å²) in [4.78, 5) is 25.4. The topological polar surface area (TPSA) is 37.4 Å². The molecule has 0 saturated heterocycles. The van der Waals surface area contributed by atoms with E-state index < -0.39 is 5.82 Å². The Kier molecular flexibility index (Phi) is 5.57. The third-order valence-corrected chi connectivity index (χ3v) is 3.52. The van der Waals surface area contributed by atoms with Crippen LogP contribution in [-0.4, -0.2) is 23.6 Å². The lowest BCUT2D eigenvalue weighted by Crippen LogP contribution is -2.27. The fourth-order valence-corrected chi connectivity index (χ4v) is 2.16. The van der Waals surface area contributed by atoms with Crippen molar-refractivity contribution in [3.8, 4) is 0 Å². The first-order valence-electron chi connectivity index (χ1n) is 7.23. The molecule has 0 saturated carbocycles. The molecule has 2 aromatic rings. The minimum absolute atomic E-state index is 0.0289. The summed E-state index contributed by atoms with van der Waals surface area (Å²) in [5, 5.41) is 0. The van der Waals surface area contributed by atoms with E-state index in [4.69, 9.17) is 0 Å². The number of carbonyl (C=O) groups excluding carboxylic acids is 2. The summed E-state index contributed by atoms with van der Waals surface area (Å²) in [5.74, 6) is -1.25.